The second-order valence-electron chi connectivity index (χ2n) is 6.13. The van der Waals surface area contributed by atoms with E-state index in [0.717, 1.165) is 12.1 Å². The molecule has 0 saturated carbocycles. The van der Waals surface area contributed by atoms with Crippen molar-refractivity contribution in [1.29, 1.82) is 0 Å². The van der Waals surface area contributed by atoms with Crippen molar-refractivity contribution in [2.24, 2.45) is 7.05 Å². The lowest BCUT2D eigenvalue weighted by Crippen LogP contribution is -2.23. The molecule has 29 heavy (non-hydrogen) atoms. The number of nitro benzene ring substituents is 1. The Morgan fingerprint density at radius 2 is 1.79 bits per heavy atom. The smallest absolute Gasteiger partial charge is 0.296 e. The number of rotatable bonds is 6. The summed E-state index contributed by atoms with van der Waals surface area (Å²) in [6.45, 7) is 1.59. The molecule has 1 aromatic heterocycles. The predicted octanol–water partition coefficient (Wildman–Crippen LogP) is 2.20. The van der Waals surface area contributed by atoms with Crippen molar-refractivity contribution in [2.45, 2.75) is 11.8 Å². The summed E-state index contributed by atoms with van der Waals surface area (Å²) in [7, 11) is -1.48. The fourth-order valence-electron chi connectivity index (χ4n) is 2.86. The van der Waals surface area contributed by atoms with Crippen molar-refractivity contribution in [1.82, 2.24) is 9.36 Å². The van der Waals surface area contributed by atoms with Crippen LogP contribution in [0, 0.1) is 17.0 Å². The van der Waals surface area contributed by atoms with E-state index in [1.54, 1.807) is 44.3 Å². The number of anilines is 1. The van der Waals surface area contributed by atoms with Crippen LogP contribution in [0.2, 0.25) is 0 Å². The lowest BCUT2D eigenvalue weighted by atomic mass is 10.3. The van der Waals surface area contributed by atoms with E-state index in [9.17, 15) is 23.3 Å². The van der Waals surface area contributed by atoms with Crippen LogP contribution >= 0.6 is 0 Å². The Hall–Kier alpha value is -3.60. The van der Waals surface area contributed by atoms with Gasteiger partial charge < -0.3 is 4.74 Å². The van der Waals surface area contributed by atoms with Gasteiger partial charge in [0.1, 0.15) is 16.3 Å². The molecule has 0 aliphatic carbocycles. The number of methoxy groups -OCH3 is 1. The standard InChI is InChI=1S/C18H18N4O6S/c1-12-17(18(23)21(20(12)2)13-7-5-4-6-8-13)19-29(26,27)16-11-14(22(24)25)9-10-15(16)28-3/h4-11,19H,1-3H3. The number of aromatic nitrogens is 2. The third-order valence-electron chi connectivity index (χ3n) is 4.44. The van der Waals surface area contributed by atoms with Crippen molar-refractivity contribution in [2.75, 3.05) is 11.8 Å². The minimum atomic E-state index is -4.35. The molecule has 0 saturated heterocycles. The van der Waals surface area contributed by atoms with Gasteiger partial charge in [0.05, 0.1) is 23.4 Å². The van der Waals surface area contributed by atoms with Crippen molar-refractivity contribution < 1.29 is 18.1 Å². The van der Waals surface area contributed by atoms with E-state index in [1.165, 1.54) is 22.5 Å². The van der Waals surface area contributed by atoms with Crippen LogP contribution in [0.5, 0.6) is 5.75 Å². The maximum atomic E-state index is 12.9. The highest BCUT2D eigenvalue weighted by atomic mass is 32.2. The van der Waals surface area contributed by atoms with Crippen LogP contribution in [0.15, 0.2) is 58.2 Å². The van der Waals surface area contributed by atoms with Gasteiger partial charge in [0.15, 0.2) is 0 Å². The second kappa shape index (κ2) is 7.43. The average molecular weight is 418 g/mol. The zero-order valence-corrected chi connectivity index (χ0v) is 16.6. The highest BCUT2D eigenvalue weighted by Gasteiger charge is 2.27. The number of ether oxygens (including phenoxy) is 1. The predicted molar refractivity (Wildman–Crippen MR) is 106 cm³/mol. The van der Waals surface area contributed by atoms with E-state index in [0.29, 0.717) is 11.4 Å². The lowest BCUT2D eigenvalue weighted by Gasteiger charge is -2.10. The summed E-state index contributed by atoms with van der Waals surface area (Å²) in [4.78, 5) is 22.8. The molecule has 0 aliphatic heterocycles. The molecule has 0 bridgehead atoms. The number of nitrogens with zero attached hydrogens (tertiary/aromatic N) is 3. The fraction of sp³-hybridized carbons (Fsp3) is 0.167. The molecule has 0 atom stereocenters. The zero-order chi connectivity index (χ0) is 21.3. The summed E-state index contributed by atoms with van der Waals surface area (Å²) in [5, 5.41) is 11.0. The van der Waals surface area contributed by atoms with E-state index in [2.05, 4.69) is 4.72 Å². The number of non-ortho nitro benzene ring substituents is 1. The van der Waals surface area contributed by atoms with E-state index in [4.69, 9.17) is 4.74 Å². The Bertz CT molecular complexity index is 1250. The monoisotopic (exact) mass is 418 g/mol. The molecular formula is C18H18N4O6S. The molecule has 1 N–H and O–H groups in total. The molecule has 11 heteroatoms. The number of benzene rings is 2. The van der Waals surface area contributed by atoms with Crippen LogP contribution in [0.3, 0.4) is 0 Å². The molecular weight excluding hydrogens is 400 g/mol. The van der Waals surface area contributed by atoms with E-state index in [1.807, 2.05) is 0 Å². The molecule has 0 radical (unpaired) electrons. The SMILES string of the molecule is COc1ccc([N+](=O)[O-])cc1S(=O)(=O)Nc1c(C)n(C)n(-c2ccccc2)c1=O. The van der Waals surface area contributed by atoms with Gasteiger partial charge in [-0.15, -0.1) is 0 Å². The van der Waals surface area contributed by atoms with Crippen LogP contribution in [0.1, 0.15) is 5.69 Å². The minimum absolute atomic E-state index is 0.0833. The zero-order valence-electron chi connectivity index (χ0n) is 15.8. The molecule has 152 valence electrons. The number of hydrogen-bond donors (Lipinski definition) is 1. The van der Waals surface area contributed by atoms with Gasteiger partial charge in [-0.1, -0.05) is 18.2 Å². The van der Waals surface area contributed by atoms with Crippen LogP contribution in [-0.2, 0) is 17.1 Å². The second-order valence-corrected chi connectivity index (χ2v) is 7.79. The topological polar surface area (TPSA) is 125 Å². The maximum Gasteiger partial charge on any atom is 0.296 e. The molecule has 1 heterocycles. The van der Waals surface area contributed by atoms with Gasteiger partial charge >= 0.3 is 0 Å². The molecule has 0 spiro atoms. The molecule has 0 fully saturated rings. The molecule has 0 unspecified atom stereocenters. The first-order valence-electron chi connectivity index (χ1n) is 8.36. The average Bonchev–Trinajstić information content (AvgIpc) is 2.91. The summed E-state index contributed by atoms with van der Waals surface area (Å²) in [6, 6.07) is 11.9. The number of para-hydroxylation sites is 1. The highest BCUT2D eigenvalue weighted by molar-refractivity contribution is 7.92. The summed E-state index contributed by atoms with van der Waals surface area (Å²) >= 11 is 0. The first-order chi connectivity index (χ1) is 13.7. The van der Waals surface area contributed by atoms with Gasteiger partial charge in [-0.3, -0.25) is 24.3 Å². The van der Waals surface area contributed by atoms with Gasteiger partial charge in [-0.25, -0.2) is 13.1 Å². The molecule has 0 amide bonds. The minimum Gasteiger partial charge on any atom is -0.495 e. The number of nitro groups is 1. The Balaban J connectivity index is 2.13. The number of nitrogens with one attached hydrogen (secondary N) is 1. The van der Waals surface area contributed by atoms with Crippen molar-refractivity contribution in [3.63, 3.8) is 0 Å². The summed E-state index contributed by atoms with van der Waals surface area (Å²) in [5.41, 5.74) is -0.236. The van der Waals surface area contributed by atoms with Crippen molar-refractivity contribution in [3.05, 3.63) is 74.7 Å². The fourth-order valence-corrected chi connectivity index (χ4v) is 4.17. The van der Waals surface area contributed by atoms with E-state index in [-0.39, 0.29) is 11.4 Å². The van der Waals surface area contributed by atoms with Crippen LogP contribution in [-0.4, -0.2) is 29.8 Å². The number of hydrogen-bond acceptors (Lipinski definition) is 6. The molecule has 3 rings (SSSR count). The molecule has 2 aromatic carbocycles. The van der Waals surface area contributed by atoms with Crippen LogP contribution < -0.4 is 15.0 Å². The Morgan fingerprint density at radius 1 is 1.14 bits per heavy atom. The Kier molecular flexibility index (Phi) is 5.16. The summed E-state index contributed by atoms with van der Waals surface area (Å²) in [5.74, 6) is -0.0833. The van der Waals surface area contributed by atoms with Crippen LogP contribution in [0.25, 0.3) is 5.69 Å². The van der Waals surface area contributed by atoms with Gasteiger partial charge in [0.2, 0.25) is 0 Å². The third kappa shape index (κ3) is 3.59. The van der Waals surface area contributed by atoms with Gasteiger partial charge in [0.25, 0.3) is 21.3 Å². The Morgan fingerprint density at radius 3 is 2.38 bits per heavy atom. The van der Waals surface area contributed by atoms with Crippen molar-refractivity contribution in [3.8, 4) is 11.4 Å². The number of sulfonamides is 1. The molecule has 10 nitrogen and oxygen atoms in total. The summed E-state index contributed by atoms with van der Waals surface area (Å²) < 4.78 is 36.0. The molecule has 3 aromatic rings. The van der Waals surface area contributed by atoms with Crippen LogP contribution in [0.4, 0.5) is 11.4 Å². The quantitative estimate of drug-likeness (QED) is 0.483. The van der Waals surface area contributed by atoms with Gasteiger partial charge in [0, 0.05) is 19.2 Å². The molecule has 0 aliphatic rings. The van der Waals surface area contributed by atoms with Gasteiger partial charge in [-0.05, 0) is 25.1 Å². The first kappa shape index (κ1) is 20.1. The Labute approximate surface area is 166 Å². The lowest BCUT2D eigenvalue weighted by molar-refractivity contribution is -0.385. The summed E-state index contributed by atoms with van der Waals surface area (Å²) in [6.07, 6.45) is 0. The highest BCUT2D eigenvalue weighted by Crippen LogP contribution is 2.30. The van der Waals surface area contributed by atoms with E-state index < -0.39 is 31.1 Å². The van der Waals surface area contributed by atoms with E-state index >= 15 is 0 Å². The largest absolute Gasteiger partial charge is 0.495 e. The van der Waals surface area contributed by atoms with Gasteiger partial charge in [-0.2, -0.15) is 0 Å². The van der Waals surface area contributed by atoms with Crippen molar-refractivity contribution >= 4 is 21.4 Å². The normalized spacial score (nSPS) is 11.3. The maximum absolute atomic E-state index is 12.9. The first-order valence-corrected chi connectivity index (χ1v) is 9.85. The third-order valence-corrected chi connectivity index (χ3v) is 5.81.